The highest BCUT2D eigenvalue weighted by molar-refractivity contribution is 5.96. The van der Waals surface area contributed by atoms with E-state index in [0.717, 1.165) is 0 Å². The largest absolute Gasteiger partial charge is 0.481 e. The van der Waals surface area contributed by atoms with E-state index >= 15 is 0 Å². The van der Waals surface area contributed by atoms with Crippen LogP contribution in [-0.4, -0.2) is 75.1 Å². The minimum absolute atomic E-state index is 0.0597. The van der Waals surface area contributed by atoms with Gasteiger partial charge in [0, 0.05) is 6.42 Å². The van der Waals surface area contributed by atoms with Crippen LogP contribution in [0.25, 0.3) is 0 Å². The third-order valence-corrected chi connectivity index (χ3v) is 4.98. The second-order valence-electron chi connectivity index (χ2n) is 8.64. The molecular formula is C23H32N4O9. The van der Waals surface area contributed by atoms with E-state index in [4.69, 9.17) is 10.8 Å². The number of carbonyl (C=O) groups excluding carboxylic acids is 3. The quantitative estimate of drug-likeness (QED) is 0.154. The molecule has 0 saturated carbocycles. The van der Waals surface area contributed by atoms with E-state index in [1.54, 1.807) is 30.3 Å². The summed E-state index contributed by atoms with van der Waals surface area (Å²) in [5.74, 6) is -7.16. The summed E-state index contributed by atoms with van der Waals surface area (Å²) in [7, 11) is 0. The minimum Gasteiger partial charge on any atom is -0.481 e. The molecule has 0 bridgehead atoms. The van der Waals surface area contributed by atoms with Gasteiger partial charge in [0.25, 0.3) is 0 Å². The molecule has 0 heterocycles. The molecule has 0 radical (unpaired) electrons. The molecule has 4 atom stereocenters. The molecule has 4 unspecified atom stereocenters. The Labute approximate surface area is 207 Å². The number of hydrogen-bond donors (Lipinski definition) is 7. The zero-order valence-corrected chi connectivity index (χ0v) is 20.0. The summed E-state index contributed by atoms with van der Waals surface area (Å²) in [6.45, 7) is 3.66. The molecule has 0 aliphatic rings. The molecule has 198 valence electrons. The molecule has 13 heteroatoms. The summed E-state index contributed by atoms with van der Waals surface area (Å²) in [4.78, 5) is 71.9. The van der Waals surface area contributed by atoms with Gasteiger partial charge >= 0.3 is 17.9 Å². The topological polar surface area (TPSA) is 225 Å². The van der Waals surface area contributed by atoms with Gasteiger partial charge < -0.3 is 37.0 Å². The van der Waals surface area contributed by atoms with Crippen LogP contribution in [0.5, 0.6) is 0 Å². The van der Waals surface area contributed by atoms with Crippen molar-refractivity contribution in [2.24, 2.45) is 11.7 Å². The van der Waals surface area contributed by atoms with E-state index in [2.05, 4.69) is 16.0 Å². The Balaban J connectivity index is 3.13. The molecule has 0 aliphatic heterocycles. The molecule has 1 aromatic rings. The predicted molar refractivity (Wildman–Crippen MR) is 126 cm³/mol. The molecular weight excluding hydrogens is 476 g/mol. The Bertz CT molecular complexity index is 952. The number of nitrogens with one attached hydrogen (secondary N) is 3. The van der Waals surface area contributed by atoms with Crippen LogP contribution in [0.3, 0.4) is 0 Å². The van der Waals surface area contributed by atoms with Crippen LogP contribution in [0.4, 0.5) is 0 Å². The number of amides is 3. The van der Waals surface area contributed by atoms with E-state index in [9.17, 15) is 39.0 Å². The molecule has 8 N–H and O–H groups in total. The summed E-state index contributed by atoms with van der Waals surface area (Å²) < 4.78 is 0. The average Bonchev–Trinajstić information content (AvgIpc) is 2.77. The molecule has 36 heavy (non-hydrogen) atoms. The summed E-state index contributed by atoms with van der Waals surface area (Å²) in [5.41, 5.74) is 6.38. The van der Waals surface area contributed by atoms with E-state index in [-0.39, 0.29) is 18.8 Å². The van der Waals surface area contributed by atoms with Crippen LogP contribution in [0.2, 0.25) is 0 Å². The fraction of sp³-hybridized carbons (Fsp3) is 0.478. The predicted octanol–water partition coefficient (Wildman–Crippen LogP) is -0.909. The fourth-order valence-electron chi connectivity index (χ4n) is 3.26. The van der Waals surface area contributed by atoms with Crippen molar-refractivity contribution < 1.29 is 44.1 Å². The summed E-state index contributed by atoms with van der Waals surface area (Å²) in [6, 6.07) is 2.57. The third kappa shape index (κ3) is 11.0. The number of benzene rings is 1. The van der Waals surface area contributed by atoms with Crippen LogP contribution < -0.4 is 21.7 Å². The molecule has 0 fully saturated rings. The number of carbonyl (C=O) groups is 6. The van der Waals surface area contributed by atoms with Crippen molar-refractivity contribution in [2.75, 3.05) is 0 Å². The molecule has 3 amide bonds. The molecule has 0 spiro atoms. The van der Waals surface area contributed by atoms with E-state index in [1.807, 2.05) is 13.8 Å². The number of carboxylic acid groups (broad SMARTS) is 3. The van der Waals surface area contributed by atoms with Gasteiger partial charge in [-0.15, -0.1) is 0 Å². The molecule has 1 aromatic carbocycles. The number of rotatable bonds is 15. The van der Waals surface area contributed by atoms with Gasteiger partial charge in [-0.05, 0) is 17.9 Å². The zero-order chi connectivity index (χ0) is 27.4. The van der Waals surface area contributed by atoms with Crippen molar-refractivity contribution >= 4 is 35.6 Å². The maximum atomic E-state index is 12.9. The lowest BCUT2D eigenvalue weighted by Crippen LogP contribution is -2.58. The first-order valence-electron chi connectivity index (χ1n) is 11.2. The van der Waals surface area contributed by atoms with Crippen LogP contribution in [0.15, 0.2) is 30.3 Å². The zero-order valence-electron chi connectivity index (χ0n) is 20.0. The minimum atomic E-state index is -1.77. The number of hydrogen-bond acceptors (Lipinski definition) is 7. The van der Waals surface area contributed by atoms with Crippen LogP contribution in [0.1, 0.15) is 38.7 Å². The van der Waals surface area contributed by atoms with E-state index < -0.39 is 72.6 Å². The van der Waals surface area contributed by atoms with Crippen molar-refractivity contribution in [3.05, 3.63) is 35.9 Å². The highest BCUT2D eigenvalue weighted by Crippen LogP contribution is 2.07. The molecule has 0 aromatic heterocycles. The summed E-state index contributed by atoms with van der Waals surface area (Å²) in [5, 5.41) is 34.1. The monoisotopic (exact) mass is 508 g/mol. The lowest BCUT2D eigenvalue weighted by atomic mass is 10.0. The van der Waals surface area contributed by atoms with Gasteiger partial charge in [-0.3, -0.25) is 24.0 Å². The van der Waals surface area contributed by atoms with Gasteiger partial charge in [-0.1, -0.05) is 44.2 Å². The standard InChI is InChI=1S/C23H32N4O9/c1-12(2)8-14(24)20(32)25-16(10-18(28)29)22(34)26-15(9-13-6-4-3-5-7-13)21(33)27-17(23(35)36)11-19(30)31/h3-7,12,14-17H,8-11,24H2,1-2H3,(H,25,32)(H,26,34)(H,27,33)(H,28,29)(H,30,31)(H,35,36). The van der Waals surface area contributed by atoms with Crippen LogP contribution in [-0.2, 0) is 35.2 Å². The maximum Gasteiger partial charge on any atom is 0.326 e. The van der Waals surface area contributed by atoms with Crippen molar-refractivity contribution in [3.8, 4) is 0 Å². The van der Waals surface area contributed by atoms with Gasteiger partial charge in [0.05, 0.1) is 18.9 Å². The first kappa shape index (κ1) is 30.0. The van der Waals surface area contributed by atoms with Crippen molar-refractivity contribution in [1.82, 2.24) is 16.0 Å². The Kier molecular flexibility index (Phi) is 12.0. The molecule has 1 rings (SSSR count). The van der Waals surface area contributed by atoms with E-state index in [1.165, 1.54) is 0 Å². The lowest BCUT2D eigenvalue weighted by Gasteiger charge is -2.25. The third-order valence-electron chi connectivity index (χ3n) is 4.98. The second kappa shape index (κ2) is 14.4. The first-order chi connectivity index (χ1) is 16.8. The maximum absolute atomic E-state index is 12.9. The van der Waals surface area contributed by atoms with Crippen LogP contribution in [0, 0.1) is 5.92 Å². The molecule has 0 aliphatic carbocycles. The number of aliphatic carboxylic acids is 3. The summed E-state index contributed by atoms with van der Waals surface area (Å²) >= 11 is 0. The average molecular weight is 509 g/mol. The molecule has 0 saturated heterocycles. The Hall–Kier alpha value is -4.00. The highest BCUT2D eigenvalue weighted by atomic mass is 16.4. The van der Waals surface area contributed by atoms with Gasteiger partial charge in [0.2, 0.25) is 17.7 Å². The van der Waals surface area contributed by atoms with Crippen molar-refractivity contribution in [2.45, 2.75) is 63.7 Å². The van der Waals surface area contributed by atoms with Gasteiger partial charge in [-0.2, -0.15) is 0 Å². The fourth-order valence-corrected chi connectivity index (χ4v) is 3.26. The first-order valence-corrected chi connectivity index (χ1v) is 11.2. The van der Waals surface area contributed by atoms with Crippen molar-refractivity contribution in [1.29, 1.82) is 0 Å². The van der Waals surface area contributed by atoms with E-state index in [0.29, 0.717) is 5.56 Å². The normalized spacial score (nSPS) is 14.1. The Morgan fingerprint density at radius 1 is 0.750 bits per heavy atom. The number of nitrogens with two attached hydrogens (primary N) is 1. The van der Waals surface area contributed by atoms with Gasteiger partial charge in [0.1, 0.15) is 18.1 Å². The van der Waals surface area contributed by atoms with Gasteiger partial charge in [0.15, 0.2) is 0 Å². The highest BCUT2D eigenvalue weighted by Gasteiger charge is 2.32. The summed E-state index contributed by atoms with van der Waals surface area (Å²) in [6.07, 6.45) is -1.55. The van der Waals surface area contributed by atoms with Crippen molar-refractivity contribution in [3.63, 3.8) is 0 Å². The second-order valence-corrected chi connectivity index (χ2v) is 8.64. The van der Waals surface area contributed by atoms with Crippen LogP contribution >= 0.6 is 0 Å². The molecule has 13 nitrogen and oxygen atoms in total. The smallest absolute Gasteiger partial charge is 0.326 e. The van der Waals surface area contributed by atoms with Gasteiger partial charge in [-0.25, -0.2) is 4.79 Å². The lowest BCUT2D eigenvalue weighted by molar-refractivity contribution is -0.147. The Morgan fingerprint density at radius 2 is 1.22 bits per heavy atom. The SMILES string of the molecule is CC(C)CC(N)C(=O)NC(CC(=O)O)C(=O)NC(Cc1ccccc1)C(=O)NC(CC(=O)O)C(=O)O. The number of carboxylic acids is 3. The Morgan fingerprint density at radius 3 is 1.72 bits per heavy atom.